The lowest BCUT2D eigenvalue weighted by atomic mass is 10.1. The summed E-state index contributed by atoms with van der Waals surface area (Å²) in [5.74, 6) is 0.420. The minimum absolute atomic E-state index is 0.170. The van der Waals surface area contributed by atoms with Crippen molar-refractivity contribution in [3.05, 3.63) is 47.3 Å². The molecule has 0 aliphatic heterocycles. The summed E-state index contributed by atoms with van der Waals surface area (Å²) >= 11 is 0. The number of nitrogens with zero attached hydrogens (tertiary/aromatic N) is 2. The second kappa shape index (κ2) is 7.05. The van der Waals surface area contributed by atoms with Crippen LogP contribution >= 0.6 is 0 Å². The summed E-state index contributed by atoms with van der Waals surface area (Å²) in [6.45, 7) is 5.12. The van der Waals surface area contributed by atoms with Crippen molar-refractivity contribution in [3.63, 3.8) is 0 Å². The van der Waals surface area contributed by atoms with Crippen LogP contribution in [0.2, 0.25) is 0 Å². The molecule has 24 heavy (non-hydrogen) atoms. The zero-order valence-electron chi connectivity index (χ0n) is 14.4. The molecule has 1 aliphatic rings. The predicted octanol–water partition coefficient (Wildman–Crippen LogP) is 2.82. The summed E-state index contributed by atoms with van der Waals surface area (Å²) in [5, 5.41) is 10.4. The van der Waals surface area contributed by atoms with E-state index < -0.39 is 0 Å². The number of ether oxygens (including phenoxy) is 1. The van der Waals surface area contributed by atoms with Gasteiger partial charge in [-0.3, -0.25) is 4.68 Å². The number of urea groups is 1. The molecular formula is C18H24N4O2. The normalized spacial score (nSPS) is 19.1. The van der Waals surface area contributed by atoms with E-state index in [-0.39, 0.29) is 12.1 Å². The molecule has 0 radical (unpaired) electrons. The van der Waals surface area contributed by atoms with Gasteiger partial charge in [-0.05, 0) is 25.8 Å². The average Bonchev–Trinajstić information content (AvgIpc) is 3.29. The summed E-state index contributed by atoms with van der Waals surface area (Å²) in [6, 6.07) is 10.3. The fraction of sp³-hybridized carbons (Fsp3) is 0.444. The topological polar surface area (TPSA) is 68.2 Å². The molecule has 2 amide bonds. The van der Waals surface area contributed by atoms with Crippen LogP contribution in [-0.2, 0) is 11.3 Å². The number of methoxy groups -OCH3 is 1. The molecule has 6 nitrogen and oxygen atoms in total. The van der Waals surface area contributed by atoms with E-state index in [1.165, 1.54) is 5.56 Å². The molecule has 3 rings (SSSR count). The first-order valence-corrected chi connectivity index (χ1v) is 8.25. The highest BCUT2D eigenvalue weighted by Gasteiger charge is 2.39. The van der Waals surface area contributed by atoms with Crippen molar-refractivity contribution in [3.8, 4) is 0 Å². The number of hydrogen-bond acceptors (Lipinski definition) is 3. The van der Waals surface area contributed by atoms with Gasteiger partial charge in [-0.2, -0.15) is 5.10 Å². The van der Waals surface area contributed by atoms with Crippen molar-refractivity contribution in [1.29, 1.82) is 0 Å². The molecule has 0 unspecified atom stereocenters. The van der Waals surface area contributed by atoms with Crippen LogP contribution in [0.5, 0.6) is 0 Å². The summed E-state index contributed by atoms with van der Waals surface area (Å²) in [6.07, 6.45) is 0.989. The van der Waals surface area contributed by atoms with Crippen molar-refractivity contribution in [2.75, 3.05) is 19.0 Å². The molecular weight excluding hydrogens is 304 g/mol. The molecule has 6 heteroatoms. The number of amides is 2. The summed E-state index contributed by atoms with van der Waals surface area (Å²) in [4.78, 5) is 12.3. The molecule has 128 valence electrons. The van der Waals surface area contributed by atoms with Crippen molar-refractivity contribution in [2.45, 2.75) is 38.8 Å². The number of hydrogen-bond donors (Lipinski definition) is 2. The fourth-order valence-electron chi connectivity index (χ4n) is 3.01. The largest absolute Gasteiger partial charge is 0.383 e. The first-order chi connectivity index (χ1) is 11.6. The molecule has 1 aliphatic carbocycles. The highest BCUT2D eigenvalue weighted by atomic mass is 16.5. The Hall–Kier alpha value is -2.34. The van der Waals surface area contributed by atoms with Gasteiger partial charge in [-0.15, -0.1) is 0 Å². The number of carbonyl (C=O) groups is 1. The van der Waals surface area contributed by atoms with Crippen molar-refractivity contribution in [1.82, 2.24) is 15.1 Å². The zero-order valence-corrected chi connectivity index (χ0v) is 14.4. The van der Waals surface area contributed by atoms with Gasteiger partial charge < -0.3 is 15.4 Å². The molecule has 2 atom stereocenters. The average molecular weight is 328 g/mol. The first kappa shape index (κ1) is 16.5. The van der Waals surface area contributed by atoms with Crippen LogP contribution in [0.4, 0.5) is 10.5 Å². The second-order valence-electron chi connectivity index (χ2n) is 6.22. The Bertz CT molecular complexity index is 711. The van der Waals surface area contributed by atoms with Gasteiger partial charge in [0.15, 0.2) is 0 Å². The molecule has 1 aromatic carbocycles. The van der Waals surface area contributed by atoms with E-state index in [2.05, 4.69) is 27.9 Å². The molecule has 1 heterocycles. The number of nitrogens with one attached hydrogen (secondary N) is 2. The molecule has 2 N–H and O–H groups in total. The van der Waals surface area contributed by atoms with Crippen LogP contribution in [-0.4, -0.2) is 35.6 Å². The fourth-order valence-corrected chi connectivity index (χ4v) is 3.01. The third-order valence-corrected chi connectivity index (χ3v) is 4.46. The molecule has 0 spiro atoms. The summed E-state index contributed by atoms with van der Waals surface area (Å²) in [7, 11) is 1.66. The van der Waals surface area contributed by atoms with Crippen LogP contribution in [0.15, 0.2) is 30.3 Å². The van der Waals surface area contributed by atoms with Crippen molar-refractivity contribution in [2.24, 2.45) is 0 Å². The maximum atomic E-state index is 12.3. The third kappa shape index (κ3) is 3.59. The number of benzene rings is 1. The molecule has 1 fully saturated rings. The smallest absolute Gasteiger partial charge is 0.319 e. The molecule has 0 saturated heterocycles. The van der Waals surface area contributed by atoms with Gasteiger partial charge in [-0.1, -0.05) is 30.3 Å². The molecule has 1 aromatic heterocycles. The number of rotatable bonds is 6. The van der Waals surface area contributed by atoms with Gasteiger partial charge in [0.05, 0.1) is 30.2 Å². The van der Waals surface area contributed by atoms with E-state index in [4.69, 9.17) is 4.74 Å². The van der Waals surface area contributed by atoms with Crippen LogP contribution in [0.3, 0.4) is 0 Å². The van der Waals surface area contributed by atoms with E-state index in [0.29, 0.717) is 19.1 Å². The Morgan fingerprint density at radius 1 is 1.33 bits per heavy atom. The quantitative estimate of drug-likeness (QED) is 0.857. The van der Waals surface area contributed by atoms with Crippen molar-refractivity contribution >= 4 is 11.7 Å². The lowest BCUT2D eigenvalue weighted by molar-refractivity contribution is 0.182. The lowest BCUT2D eigenvalue weighted by Crippen LogP contribution is -2.31. The number of aromatic nitrogens is 2. The minimum atomic E-state index is -0.170. The van der Waals surface area contributed by atoms with Gasteiger partial charge in [0, 0.05) is 19.1 Å². The lowest BCUT2D eigenvalue weighted by Gasteiger charge is -2.08. The molecule has 2 aromatic rings. The Morgan fingerprint density at radius 2 is 2.08 bits per heavy atom. The van der Waals surface area contributed by atoms with Crippen LogP contribution < -0.4 is 10.6 Å². The van der Waals surface area contributed by atoms with E-state index in [1.54, 1.807) is 7.11 Å². The monoisotopic (exact) mass is 328 g/mol. The van der Waals surface area contributed by atoms with Gasteiger partial charge in [0.1, 0.15) is 0 Å². The highest BCUT2D eigenvalue weighted by molar-refractivity contribution is 5.91. The number of anilines is 1. The van der Waals surface area contributed by atoms with Crippen molar-refractivity contribution < 1.29 is 9.53 Å². The van der Waals surface area contributed by atoms with E-state index in [1.807, 2.05) is 36.7 Å². The Kier molecular flexibility index (Phi) is 4.85. The van der Waals surface area contributed by atoms with Gasteiger partial charge >= 0.3 is 6.03 Å². The predicted molar refractivity (Wildman–Crippen MR) is 93.3 cm³/mol. The first-order valence-electron chi connectivity index (χ1n) is 8.25. The van der Waals surface area contributed by atoms with Gasteiger partial charge in [0.2, 0.25) is 0 Å². The summed E-state index contributed by atoms with van der Waals surface area (Å²) in [5.41, 5.74) is 3.81. The Balaban J connectivity index is 1.57. The second-order valence-corrected chi connectivity index (χ2v) is 6.22. The molecule has 1 saturated carbocycles. The SMILES string of the molecule is COCCn1nc(C)c(NC(=O)N[C@@H]2C[C@@H]2c2ccccc2)c1C. The zero-order chi connectivity index (χ0) is 17.1. The summed E-state index contributed by atoms with van der Waals surface area (Å²) < 4.78 is 6.94. The Labute approximate surface area is 142 Å². The van der Waals surface area contributed by atoms with E-state index >= 15 is 0 Å². The van der Waals surface area contributed by atoms with Gasteiger partial charge in [-0.25, -0.2) is 4.79 Å². The maximum absolute atomic E-state index is 12.3. The van der Waals surface area contributed by atoms with E-state index in [9.17, 15) is 4.79 Å². The number of carbonyl (C=O) groups excluding carboxylic acids is 1. The molecule has 0 bridgehead atoms. The van der Waals surface area contributed by atoms with Gasteiger partial charge in [0.25, 0.3) is 0 Å². The highest BCUT2D eigenvalue weighted by Crippen LogP contribution is 2.40. The minimum Gasteiger partial charge on any atom is -0.383 e. The van der Waals surface area contributed by atoms with Crippen LogP contribution in [0.25, 0.3) is 0 Å². The number of aryl methyl sites for hydroxylation is 1. The Morgan fingerprint density at radius 3 is 2.79 bits per heavy atom. The maximum Gasteiger partial charge on any atom is 0.319 e. The van der Waals surface area contributed by atoms with Crippen LogP contribution in [0, 0.1) is 13.8 Å². The van der Waals surface area contributed by atoms with E-state index in [0.717, 1.165) is 23.5 Å². The van der Waals surface area contributed by atoms with Crippen LogP contribution in [0.1, 0.15) is 29.3 Å². The standard InChI is InChI=1S/C18H24N4O2/c1-12-17(13(2)22(21-12)9-10-24-3)20-18(23)19-16-11-15(16)14-7-5-4-6-8-14/h4-8,15-16H,9-11H2,1-3H3,(H2,19,20,23)/t15-,16-/m1/s1. The third-order valence-electron chi connectivity index (χ3n) is 4.46.